The monoisotopic (exact) mass is 211 g/mol. The first-order valence-electron chi connectivity index (χ1n) is 4.89. The second-order valence-corrected chi connectivity index (χ2v) is 4.20. The third kappa shape index (κ3) is 4.53. The highest BCUT2D eigenvalue weighted by molar-refractivity contribution is 7.99. The van der Waals surface area contributed by atoms with Crippen LogP contribution in [0.25, 0.3) is 0 Å². The Labute approximate surface area is 89.8 Å². The standard InChI is InChI=1S/C11H17NOS/c1-2-6-13-7-8-14-11-5-3-4-10(12)9-11/h3-5,9H,2,6-8,12H2,1H3. The normalized spacial score (nSPS) is 10.4. The first-order chi connectivity index (χ1) is 6.83. The molecule has 0 unspecified atom stereocenters. The molecule has 0 aliphatic heterocycles. The maximum absolute atomic E-state index is 5.67. The first-order valence-corrected chi connectivity index (χ1v) is 5.87. The molecule has 0 heterocycles. The van der Waals surface area contributed by atoms with E-state index >= 15 is 0 Å². The van der Waals surface area contributed by atoms with E-state index in [-0.39, 0.29) is 0 Å². The van der Waals surface area contributed by atoms with Gasteiger partial charge in [0.05, 0.1) is 6.61 Å². The third-order valence-electron chi connectivity index (χ3n) is 1.70. The molecule has 78 valence electrons. The van der Waals surface area contributed by atoms with E-state index in [4.69, 9.17) is 10.5 Å². The van der Waals surface area contributed by atoms with Crippen LogP contribution in [0.2, 0.25) is 0 Å². The maximum atomic E-state index is 5.67. The summed E-state index contributed by atoms with van der Waals surface area (Å²) >= 11 is 1.78. The fourth-order valence-electron chi connectivity index (χ4n) is 1.07. The van der Waals surface area contributed by atoms with Gasteiger partial charge in [0.2, 0.25) is 0 Å². The minimum atomic E-state index is 0.813. The van der Waals surface area contributed by atoms with Gasteiger partial charge in [-0.05, 0) is 24.6 Å². The summed E-state index contributed by atoms with van der Waals surface area (Å²) in [6.45, 7) is 3.79. The number of nitrogens with two attached hydrogens (primary N) is 1. The second-order valence-electron chi connectivity index (χ2n) is 3.03. The topological polar surface area (TPSA) is 35.2 Å². The van der Waals surface area contributed by atoms with Crippen molar-refractivity contribution >= 4 is 17.4 Å². The molecule has 0 amide bonds. The fraction of sp³-hybridized carbons (Fsp3) is 0.455. The first kappa shape index (κ1) is 11.4. The van der Waals surface area contributed by atoms with Crippen molar-refractivity contribution in [3.8, 4) is 0 Å². The Morgan fingerprint density at radius 2 is 2.21 bits per heavy atom. The Morgan fingerprint density at radius 3 is 2.93 bits per heavy atom. The summed E-state index contributed by atoms with van der Waals surface area (Å²) in [5.41, 5.74) is 6.49. The molecule has 0 atom stereocenters. The van der Waals surface area contributed by atoms with Gasteiger partial charge in [-0.3, -0.25) is 0 Å². The third-order valence-corrected chi connectivity index (χ3v) is 2.66. The average molecular weight is 211 g/mol. The van der Waals surface area contributed by atoms with Crippen LogP contribution < -0.4 is 5.73 Å². The highest BCUT2D eigenvalue weighted by Crippen LogP contribution is 2.19. The van der Waals surface area contributed by atoms with Crippen LogP contribution in [0.4, 0.5) is 5.69 Å². The van der Waals surface area contributed by atoms with Crippen LogP contribution >= 0.6 is 11.8 Å². The van der Waals surface area contributed by atoms with Crippen molar-refractivity contribution < 1.29 is 4.74 Å². The van der Waals surface area contributed by atoms with Gasteiger partial charge in [0.1, 0.15) is 0 Å². The molecule has 14 heavy (non-hydrogen) atoms. The quantitative estimate of drug-likeness (QED) is 0.446. The van der Waals surface area contributed by atoms with E-state index in [1.165, 1.54) is 4.90 Å². The highest BCUT2D eigenvalue weighted by Gasteiger charge is 1.94. The zero-order chi connectivity index (χ0) is 10.2. The Balaban J connectivity index is 2.18. The van der Waals surface area contributed by atoms with Crippen LogP contribution in [0.5, 0.6) is 0 Å². The summed E-state index contributed by atoms with van der Waals surface area (Å²) in [5, 5.41) is 0. The van der Waals surface area contributed by atoms with Gasteiger partial charge < -0.3 is 10.5 Å². The van der Waals surface area contributed by atoms with Gasteiger partial charge in [-0.1, -0.05) is 13.0 Å². The van der Waals surface area contributed by atoms with Gasteiger partial charge in [0, 0.05) is 22.9 Å². The Morgan fingerprint density at radius 1 is 1.36 bits per heavy atom. The molecular formula is C11H17NOS. The molecule has 1 aromatic rings. The summed E-state index contributed by atoms with van der Waals surface area (Å²) < 4.78 is 5.38. The van der Waals surface area contributed by atoms with Gasteiger partial charge >= 0.3 is 0 Å². The SMILES string of the molecule is CCCOCCSc1cccc(N)c1. The van der Waals surface area contributed by atoms with Crippen LogP contribution in [-0.2, 0) is 4.74 Å². The number of anilines is 1. The summed E-state index contributed by atoms with van der Waals surface area (Å²) in [5.74, 6) is 0.990. The van der Waals surface area contributed by atoms with Crippen molar-refractivity contribution in [2.75, 3.05) is 24.7 Å². The van der Waals surface area contributed by atoms with Crippen molar-refractivity contribution in [1.82, 2.24) is 0 Å². The minimum Gasteiger partial charge on any atom is -0.399 e. The number of thioether (sulfide) groups is 1. The van der Waals surface area contributed by atoms with Crippen molar-refractivity contribution in [3.63, 3.8) is 0 Å². The van der Waals surface area contributed by atoms with E-state index in [0.29, 0.717) is 0 Å². The molecule has 0 aromatic heterocycles. The second kappa shape index (κ2) is 6.74. The number of benzene rings is 1. The molecule has 0 bridgehead atoms. The molecule has 0 saturated carbocycles. The fourth-order valence-corrected chi connectivity index (χ4v) is 1.90. The molecular weight excluding hydrogens is 194 g/mol. The van der Waals surface area contributed by atoms with Crippen molar-refractivity contribution in [2.45, 2.75) is 18.2 Å². The number of rotatable bonds is 6. The predicted octanol–water partition coefficient (Wildman–Crippen LogP) is 2.79. The van der Waals surface area contributed by atoms with E-state index in [1.54, 1.807) is 11.8 Å². The van der Waals surface area contributed by atoms with Crippen molar-refractivity contribution in [3.05, 3.63) is 24.3 Å². The molecule has 0 radical (unpaired) electrons. The lowest BCUT2D eigenvalue weighted by Crippen LogP contribution is -1.97. The van der Waals surface area contributed by atoms with Crippen LogP contribution in [0.3, 0.4) is 0 Å². The van der Waals surface area contributed by atoms with Gasteiger partial charge in [-0.25, -0.2) is 0 Å². The Kier molecular flexibility index (Phi) is 5.49. The lowest BCUT2D eigenvalue weighted by atomic mass is 10.3. The lowest BCUT2D eigenvalue weighted by molar-refractivity contribution is 0.151. The van der Waals surface area contributed by atoms with E-state index < -0.39 is 0 Å². The van der Waals surface area contributed by atoms with E-state index in [0.717, 1.165) is 31.1 Å². The molecule has 2 nitrogen and oxygen atoms in total. The number of ether oxygens (including phenoxy) is 1. The minimum absolute atomic E-state index is 0.813. The van der Waals surface area contributed by atoms with Gasteiger partial charge in [-0.15, -0.1) is 11.8 Å². The molecule has 3 heteroatoms. The van der Waals surface area contributed by atoms with Crippen molar-refractivity contribution in [1.29, 1.82) is 0 Å². The summed E-state index contributed by atoms with van der Waals surface area (Å²) in [4.78, 5) is 1.21. The maximum Gasteiger partial charge on any atom is 0.0560 e. The van der Waals surface area contributed by atoms with Gasteiger partial charge in [0.25, 0.3) is 0 Å². The summed E-state index contributed by atoms with van der Waals surface area (Å²) in [6, 6.07) is 7.94. The van der Waals surface area contributed by atoms with Crippen LogP contribution in [0, 0.1) is 0 Å². The smallest absolute Gasteiger partial charge is 0.0560 e. The van der Waals surface area contributed by atoms with Gasteiger partial charge in [0.15, 0.2) is 0 Å². The van der Waals surface area contributed by atoms with E-state index in [2.05, 4.69) is 13.0 Å². The van der Waals surface area contributed by atoms with Gasteiger partial charge in [-0.2, -0.15) is 0 Å². The van der Waals surface area contributed by atoms with E-state index in [9.17, 15) is 0 Å². The zero-order valence-corrected chi connectivity index (χ0v) is 9.35. The molecule has 1 rings (SSSR count). The molecule has 2 N–H and O–H groups in total. The zero-order valence-electron chi connectivity index (χ0n) is 8.53. The van der Waals surface area contributed by atoms with Crippen LogP contribution in [-0.4, -0.2) is 19.0 Å². The Bertz CT molecular complexity index is 265. The largest absolute Gasteiger partial charge is 0.399 e. The number of hydrogen-bond acceptors (Lipinski definition) is 3. The molecule has 0 spiro atoms. The molecule has 0 saturated heterocycles. The molecule has 0 fully saturated rings. The molecule has 0 aliphatic rings. The lowest BCUT2D eigenvalue weighted by Gasteiger charge is -2.03. The summed E-state index contributed by atoms with van der Waals surface area (Å²) in [7, 11) is 0. The number of hydrogen-bond donors (Lipinski definition) is 1. The molecule has 0 aliphatic carbocycles. The van der Waals surface area contributed by atoms with Crippen molar-refractivity contribution in [2.24, 2.45) is 0 Å². The predicted molar refractivity (Wildman–Crippen MR) is 62.7 cm³/mol. The van der Waals surface area contributed by atoms with Crippen LogP contribution in [0.15, 0.2) is 29.2 Å². The number of nitrogen functional groups attached to an aromatic ring is 1. The molecule has 1 aromatic carbocycles. The Hall–Kier alpha value is -0.670. The van der Waals surface area contributed by atoms with Crippen LogP contribution in [0.1, 0.15) is 13.3 Å². The summed E-state index contributed by atoms with van der Waals surface area (Å²) in [6.07, 6.45) is 1.09. The average Bonchev–Trinajstić information content (AvgIpc) is 2.18. The highest BCUT2D eigenvalue weighted by atomic mass is 32.2. The van der Waals surface area contributed by atoms with E-state index in [1.807, 2.05) is 18.2 Å².